The van der Waals surface area contributed by atoms with E-state index in [1.807, 2.05) is 12.1 Å². The predicted octanol–water partition coefficient (Wildman–Crippen LogP) is 2.47. The van der Waals surface area contributed by atoms with Crippen molar-refractivity contribution < 1.29 is 9.47 Å². The van der Waals surface area contributed by atoms with Gasteiger partial charge in [0, 0.05) is 0 Å². The highest BCUT2D eigenvalue weighted by Gasteiger charge is 2.10. The van der Waals surface area contributed by atoms with Crippen LogP contribution in [0, 0.1) is 0 Å². The van der Waals surface area contributed by atoms with Crippen molar-refractivity contribution in [2.45, 2.75) is 13.3 Å². The van der Waals surface area contributed by atoms with Gasteiger partial charge in [0.1, 0.15) is 0 Å². The number of hydrogen-bond donors (Lipinski definition) is 1. The number of nitrogens with zero attached hydrogens (tertiary/aromatic N) is 3. The Bertz CT molecular complexity index is 572. The van der Waals surface area contributed by atoms with Gasteiger partial charge in [-0.2, -0.15) is 15.0 Å². The number of anilines is 1. The minimum absolute atomic E-state index is 0.000791. The lowest BCUT2D eigenvalue weighted by Crippen LogP contribution is -2.01. The molecule has 0 spiro atoms. The molecule has 0 unspecified atom stereocenters. The van der Waals surface area contributed by atoms with Crippen molar-refractivity contribution in [2.75, 3.05) is 12.8 Å². The third kappa shape index (κ3) is 3.23. The van der Waals surface area contributed by atoms with Gasteiger partial charge in [0.15, 0.2) is 11.5 Å². The highest BCUT2D eigenvalue weighted by atomic mass is 35.5. The number of aryl methyl sites for hydroxylation is 1. The topological polar surface area (TPSA) is 83.2 Å². The highest BCUT2D eigenvalue weighted by Crippen LogP contribution is 2.31. The van der Waals surface area contributed by atoms with Gasteiger partial charge in [-0.05, 0) is 35.7 Å². The van der Waals surface area contributed by atoms with E-state index in [0.29, 0.717) is 11.5 Å². The van der Waals surface area contributed by atoms with E-state index in [1.54, 1.807) is 13.2 Å². The van der Waals surface area contributed by atoms with Gasteiger partial charge in [0.2, 0.25) is 11.2 Å². The van der Waals surface area contributed by atoms with E-state index in [9.17, 15) is 0 Å². The molecule has 0 radical (unpaired) electrons. The van der Waals surface area contributed by atoms with Crippen molar-refractivity contribution in [1.29, 1.82) is 0 Å². The third-order valence-electron chi connectivity index (χ3n) is 2.44. The lowest BCUT2D eigenvalue weighted by atomic mass is 10.1. The van der Waals surface area contributed by atoms with Crippen LogP contribution in [-0.2, 0) is 6.42 Å². The summed E-state index contributed by atoms with van der Waals surface area (Å²) in [6.07, 6.45) is 0.904. The molecule has 6 nitrogen and oxygen atoms in total. The maximum atomic E-state index is 5.68. The fraction of sp³-hybridized carbons (Fsp3) is 0.250. The van der Waals surface area contributed by atoms with Crippen LogP contribution in [0.3, 0.4) is 0 Å². The van der Waals surface area contributed by atoms with Crippen LogP contribution in [0.4, 0.5) is 5.95 Å². The number of rotatable bonds is 4. The van der Waals surface area contributed by atoms with E-state index in [0.717, 1.165) is 12.0 Å². The van der Waals surface area contributed by atoms with Crippen LogP contribution in [-0.4, -0.2) is 22.1 Å². The molecule has 0 amide bonds. The summed E-state index contributed by atoms with van der Waals surface area (Å²) in [7, 11) is 1.57. The standard InChI is InChI=1S/C12H13ClN4O2/c1-3-7-4-5-8(9(6-7)18-2)19-12-16-10(13)15-11(14)17-12/h4-6H,3H2,1-2H3,(H2,14,15,16,17). The molecule has 1 aromatic heterocycles. The Morgan fingerprint density at radius 3 is 2.63 bits per heavy atom. The average Bonchev–Trinajstić information content (AvgIpc) is 2.38. The van der Waals surface area contributed by atoms with E-state index < -0.39 is 0 Å². The van der Waals surface area contributed by atoms with Gasteiger partial charge in [-0.1, -0.05) is 13.0 Å². The quantitative estimate of drug-likeness (QED) is 0.926. The fourth-order valence-electron chi connectivity index (χ4n) is 1.51. The molecule has 2 aromatic rings. The summed E-state index contributed by atoms with van der Waals surface area (Å²) >= 11 is 5.68. The first kappa shape index (κ1) is 13.4. The van der Waals surface area contributed by atoms with Crippen molar-refractivity contribution in [3.63, 3.8) is 0 Å². The molecule has 0 fully saturated rings. The Hall–Kier alpha value is -2.08. The smallest absolute Gasteiger partial charge is 0.328 e. The minimum Gasteiger partial charge on any atom is -0.493 e. The molecule has 0 aliphatic heterocycles. The molecular weight excluding hydrogens is 268 g/mol. The van der Waals surface area contributed by atoms with Gasteiger partial charge in [-0.25, -0.2) is 0 Å². The zero-order valence-corrected chi connectivity index (χ0v) is 11.3. The molecule has 1 aromatic carbocycles. The second kappa shape index (κ2) is 5.71. The van der Waals surface area contributed by atoms with Crippen LogP contribution < -0.4 is 15.2 Å². The Balaban J connectivity index is 2.32. The zero-order chi connectivity index (χ0) is 13.8. The molecule has 1 heterocycles. The van der Waals surface area contributed by atoms with Crippen molar-refractivity contribution >= 4 is 17.5 Å². The number of nitrogen functional groups attached to an aromatic ring is 1. The Morgan fingerprint density at radius 2 is 2.00 bits per heavy atom. The summed E-state index contributed by atoms with van der Waals surface area (Å²) in [6.45, 7) is 2.06. The predicted molar refractivity (Wildman–Crippen MR) is 71.7 cm³/mol. The summed E-state index contributed by atoms with van der Waals surface area (Å²) in [5.74, 6) is 1.08. The van der Waals surface area contributed by atoms with Crippen LogP contribution in [0.2, 0.25) is 5.28 Å². The van der Waals surface area contributed by atoms with Crippen LogP contribution in [0.1, 0.15) is 12.5 Å². The van der Waals surface area contributed by atoms with Crippen LogP contribution >= 0.6 is 11.6 Å². The SMILES string of the molecule is CCc1ccc(Oc2nc(N)nc(Cl)n2)c(OC)c1. The van der Waals surface area contributed by atoms with Gasteiger partial charge in [-0.3, -0.25) is 0 Å². The summed E-state index contributed by atoms with van der Waals surface area (Å²) in [6, 6.07) is 5.64. The minimum atomic E-state index is -0.0216. The summed E-state index contributed by atoms with van der Waals surface area (Å²) in [5.41, 5.74) is 6.61. The van der Waals surface area contributed by atoms with Crippen molar-refractivity contribution in [2.24, 2.45) is 0 Å². The monoisotopic (exact) mass is 280 g/mol. The Morgan fingerprint density at radius 1 is 1.21 bits per heavy atom. The number of ether oxygens (including phenoxy) is 2. The maximum Gasteiger partial charge on any atom is 0.328 e. The normalized spacial score (nSPS) is 10.3. The van der Waals surface area contributed by atoms with Crippen molar-refractivity contribution in [3.8, 4) is 17.5 Å². The maximum absolute atomic E-state index is 5.68. The average molecular weight is 281 g/mol. The van der Waals surface area contributed by atoms with E-state index in [1.165, 1.54) is 0 Å². The summed E-state index contributed by atoms with van der Waals surface area (Å²) in [5, 5.41) is -0.0216. The molecule has 2 N–H and O–H groups in total. The molecule has 0 saturated heterocycles. The van der Waals surface area contributed by atoms with E-state index >= 15 is 0 Å². The molecule has 100 valence electrons. The van der Waals surface area contributed by atoms with E-state index in [2.05, 4.69) is 21.9 Å². The third-order valence-corrected chi connectivity index (χ3v) is 2.61. The van der Waals surface area contributed by atoms with Crippen LogP contribution in [0.5, 0.6) is 17.5 Å². The van der Waals surface area contributed by atoms with Gasteiger partial charge >= 0.3 is 6.01 Å². The molecule has 0 aliphatic carbocycles. The molecule has 0 bridgehead atoms. The first-order valence-electron chi connectivity index (χ1n) is 5.64. The molecule has 0 saturated carbocycles. The lowest BCUT2D eigenvalue weighted by Gasteiger charge is -2.10. The molecule has 7 heteroatoms. The van der Waals surface area contributed by atoms with Gasteiger partial charge < -0.3 is 15.2 Å². The highest BCUT2D eigenvalue weighted by molar-refractivity contribution is 6.28. The Labute approximate surface area is 115 Å². The van der Waals surface area contributed by atoms with Crippen molar-refractivity contribution in [3.05, 3.63) is 29.0 Å². The zero-order valence-electron chi connectivity index (χ0n) is 10.6. The van der Waals surface area contributed by atoms with Crippen molar-refractivity contribution in [1.82, 2.24) is 15.0 Å². The van der Waals surface area contributed by atoms with E-state index in [-0.39, 0.29) is 17.2 Å². The summed E-state index contributed by atoms with van der Waals surface area (Å²) in [4.78, 5) is 11.3. The summed E-state index contributed by atoms with van der Waals surface area (Å²) < 4.78 is 10.8. The number of benzene rings is 1. The molecule has 0 aliphatic rings. The second-order valence-corrected chi connectivity index (χ2v) is 4.02. The fourth-order valence-corrected chi connectivity index (χ4v) is 1.67. The van der Waals surface area contributed by atoms with E-state index in [4.69, 9.17) is 26.8 Å². The molecule has 2 rings (SSSR count). The van der Waals surface area contributed by atoms with Crippen LogP contribution in [0.25, 0.3) is 0 Å². The number of hydrogen-bond acceptors (Lipinski definition) is 6. The first-order chi connectivity index (χ1) is 9.12. The molecule has 0 atom stereocenters. The largest absolute Gasteiger partial charge is 0.493 e. The number of halogens is 1. The Kier molecular flexibility index (Phi) is 4.01. The van der Waals surface area contributed by atoms with Gasteiger partial charge in [-0.15, -0.1) is 0 Å². The molecular formula is C12H13ClN4O2. The number of aromatic nitrogens is 3. The lowest BCUT2D eigenvalue weighted by molar-refractivity contribution is 0.367. The second-order valence-electron chi connectivity index (χ2n) is 3.69. The van der Waals surface area contributed by atoms with Gasteiger partial charge in [0.25, 0.3) is 0 Å². The van der Waals surface area contributed by atoms with Gasteiger partial charge in [0.05, 0.1) is 7.11 Å². The number of methoxy groups -OCH3 is 1. The first-order valence-corrected chi connectivity index (χ1v) is 6.02. The van der Waals surface area contributed by atoms with Crippen LogP contribution in [0.15, 0.2) is 18.2 Å². The number of nitrogens with two attached hydrogens (primary N) is 1. The molecule has 19 heavy (non-hydrogen) atoms.